The Labute approximate surface area is 338 Å². The summed E-state index contributed by atoms with van der Waals surface area (Å²) in [4.78, 5) is 53.3. The van der Waals surface area contributed by atoms with E-state index < -0.39 is 95.5 Å². The van der Waals surface area contributed by atoms with Crippen molar-refractivity contribution in [2.45, 2.75) is 85.6 Å². The summed E-state index contributed by atoms with van der Waals surface area (Å²) in [5.74, 6) is -8.24. The number of phenolic OH excluding ortho intramolecular Hbond substituents is 2. The van der Waals surface area contributed by atoms with Gasteiger partial charge in [0, 0.05) is 88.4 Å². The predicted molar refractivity (Wildman–Crippen MR) is 214 cm³/mol. The van der Waals surface area contributed by atoms with Gasteiger partial charge in [-0.15, -0.1) is 0 Å². The van der Waals surface area contributed by atoms with Crippen LogP contribution < -0.4 is 14.8 Å². The molecule has 5 bridgehead atoms. The first-order valence-corrected chi connectivity index (χ1v) is 19.0. The average Bonchev–Trinajstić information content (AvgIpc) is 3.44. The van der Waals surface area contributed by atoms with E-state index in [0.717, 1.165) is 0 Å². The number of Topliss-reactive ketones (excluding diaryl/α,β-unsaturated/α-hetero) is 1. The molecule has 9 unspecified atom stereocenters. The number of anilines is 1. The number of hydrogen-bond donors (Lipinski definition) is 5. The maximum atomic E-state index is 14.4. The number of nitrogens with zero attached hydrogens (tertiary/aromatic N) is 2. The molecule has 3 heterocycles. The number of carbonyl (C=O) groups is 4. The Morgan fingerprint density at radius 2 is 1.60 bits per heavy atom. The number of allylic oxidation sites excluding steroid dienone is 2. The molecule has 16 nitrogen and oxygen atoms in total. The topological polar surface area (TPSA) is 214 Å². The summed E-state index contributed by atoms with van der Waals surface area (Å²) in [7, 11) is 6.27. The number of ketones is 1. The molecule has 3 aliphatic heterocycles. The molecule has 0 fully saturated rings. The molecule has 5 rings (SSSR count). The molecule has 58 heavy (non-hydrogen) atoms. The molecule has 5 N–H and O–H groups in total. The fourth-order valence-electron chi connectivity index (χ4n) is 7.20. The number of ether oxygens (including phenoxy) is 5. The first kappa shape index (κ1) is 45.5. The molecule has 0 aromatic heterocycles. The number of aromatic hydroxyl groups is 2. The van der Waals surface area contributed by atoms with Gasteiger partial charge in [0.25, 0.3) is 17.6 Å². The van der Waals surface area contributed by atoms with Crippen LogP contribution in [0.4, 0.5) is 5.69 Å². The predicted octanol–water partition coefficient (Wildman–Crippen LogP) is 4.36. The number of nitrogens with one attached hydrogen (secondary N) is 1. The van der Waals surface area contributed by atoms with Crippen molar-refractivity contribution in [3.63, 3.8) is 0 Å². The summed E-state index contributed by atoms with van der Waals surface area (Å²) in [6.07, 6.45) is 3.55. The quantitative estimate of drug-likeness (QED) is 0.156. The number of carbonyl (C=O) groups excluding carboxylic acids is 4. The number of amides is 2. The molecular weight excluding hydrogens is 754 g/mol. The van der Waals surface area contributed by atoms with Crippen LogP contribution in [0, 0.1) is 30.6 Å². The molecule has 0 aliphatic carbocycles. The van der Waals surface area contributed by atoms with E-state index in [1.165, 1.54) is 76.4 Å². The Morgan fingerprint density at radius 1 is 0.948 bits per heavy atom. The molecule has 0 spiro atoms. The van der Waals surface area contributed by atoms with Gasteiger partial charge in [-0.05, 0) is 19.9 Å². The van der Waals surface area contributed by atoms with Crippen LogP contribution in [-0.2, 0) is 28.6 Å². The second-order valence-electron chi connectivity index (χ2n) is 15.5. The minimum atomic E-state index is -2.03. The second-order valence-corrected chi connectivity index (χ2v) is 15.5. The molecule has 0 saturated carbocycles. The summed E-state index contributed by atoms with van der Waals surface area (Å²) in [5, 5.41) is 51.1. The van der Waals surface area contributed by atoms with Crippen LogP contribution in [0.3, 0.4) is 0 Å². The van der Waals surface area contributed by atoms with Gasteiger partial charge in [0.05, 0.1) is 41.2 Å². The van der Waals surface area contributed by atoms with Crippen LogP contribution in [0.1, 0.15) is 64.4 Å². The van der Waals surface area contributed by atoms with Crippen molar-refractivity contribution in [3.8, 4) is 23.0 Å². The zero-order valence-electron chi connectivity index (χ0n) is 35.1. The number of phenols is 2. The monoisotopic (exact) mass is 811 g/mol. The van der Waals surface area contributed by atoms with E-state index in [4.69, 9.17) is 23.7 Å². The van der Waals surface area contributed by atoms with Gasteiger partial charge in [0.2, 0.25) is 0 Å². The lowest BCUT2D eigenvalue weighted by Gasteiger charge is -2.38. The highest BCUT2D eigenvalue weighted by Crippen LogP contribution is 2.54. The van der Waals surface area contributed by atoms with Crippen LogP contribution in [0.2, 0.25) is 0 Å². The van der Waals surface area contributed by atoms with Crippen LogP contribution in [0.15, 0.2) is 42.2 Å². The number of hydrazine groups is 1. The molecule has 2 amide bonds. The molecule has 318 valence electrons. The highest BCUT2D eigenvalue weighted by Gasteiger charge is 2.49. The zero-order valence-corrected chi connectivity index (χ0v) is 35.1. The minimum Gasteiger partial charge on any atom is -0.507 e. The fraction of sp³-hybridized carbons (Fsp3) is 0.524. The zero-order chi connectivity index (χ0) is 43.5. The van der Waals surface area contributed by atoms with Gasteiger partial charge in [-0.3, -0.25) is 24.2 Å². The molecule has 3 aliphatic rings. The Kier molecular flexibility index (Phi) is 14.3. The van der Waals surface area contributed by atoms with Crippen molar-refractivity contribution in [1.82, 2.24) is 10.0 Å². The lowest BCUT2D eigenvalue weighted by Crippen LogP contribution is -2.46. The molecule has 0 saturated heterocycles. The first-order valence-electron chi connectivity index (χ1n) is 19.0. The van der Waals surface area contributed by atoms with Gasteiger partial charge >= 0.3 is 11.8 Å². The Morgan fingerprint density at radius 3 is 2.21 bits per heavy atom. The van der Waals surface area contributed by atoms with Crippen LogP contribution in [0.25, 0.3) is 10.8 Å². The number of aliphatic hydroxyl groups excluding tert-OH is 2. The maximum absolute atomic E-state index is 14.4. The van der Waals surface area contributed by atoms with E-state index in [1.807, 2.05) is 0 Å². The third-order valence-electron chi connectivity index (χ3n) is 11.1. The van der Waals surface area contributed by atoms with Crippen molar-refractivity contribution in [3.05, 3.63) is 53.3 Å². The van der Waals surface area contributed by atoms with Crippen molar-refractivity contribution in [1.29, 1.82) is 0 Å². The SMILES string of the molecule is COC1C=COC2(C)Oc3c(C)c(O)c4c(O)c(cc(OCC(=O)N(C)N(C)C)c4c3C2=O)NC(=O)C(C)=CC=CC(C)C(O)C(C)C(O)C(C)C(OC(C)=O)C1C. The molecule has 0 radical (unpaired) electrons. The summed E-state index contributed by atoms with van der Waals surface area (Å²) >= 11 is 0. The number of esters is 1. The second kappa shape index (κ2) is 18.2. The lowest BCUT2D eigenvalue weighted by molar-refractivity contribution is -0.160. The summed E-state index contributed by atoms with van der Waals surface area (Å²) in [5.41, 5.74) is -0.0581. The van der Waals surface area contributed by atoms with Gasteiger partial charge in [0.15, 0.2) is 12.4 Å². The number of aliphatic hydroxyl groups is 2. The van der Waals surface area contributed by atoms with Gasteiger partial charge < -0.3 is 49.4 Å². The van der Waals surface area contributed by atoms with E-state index in [-0.39, 0.29) is 44.7 Å². The van der Waals surface area contributed by atoms with Crippen LogP contribution in [-0.4, -0.2) is 119 Å². The number of rotatable bonds is 6. The minimum absolute atomic E-state index is 0.0673. The number of benzene rings is 2. The van der Waals surface area contributed by atoms with Gasteiger partial charge in [-0.25, -0.2) is 5.01 Å². The fourth-order valence-corrected chi connectivity index (χ4v) is 7.20. The van der Waals surface area contributed by atoms with Crippen molar-refractivity contribution in [2.75, 3.05) is 40.2 Å². The molecular formula is C42H57N3O13. The highest BCUT2D eigenvalue weighted by molar-refractivity contribution is 6.21. The van der Waals surface area contributed by atoms with E-state index in [0.29, 0.717) is 0 Å². The number of likely N-dealkylation sites (N-methyl/N-ethyl adjacent to an activating group) is 1. The third kappa shape index (κ3) is 9.09. The van der Waals surface area contributed by atoms with E-state index in [1.54, 1.807) is 53.9 Å². The normalized spacial score (nSPS) is 28.2. The van der Waals surface area contributed by atoms with Crippen LogP contribution >= 0.6 is 0 Å². The number of methoxy groups -OCH3 is 1. The number of fused-ring (bicyclic) bond motifs is 14. The van der Waals surface area contributed by atoms with Gasteiger partial charge in [0.1, 0.15) is 23.4 Å². The van der Waals surface area contributed by atoms with Crippen molar-refractivity contribution in [2.24, 2.45) is 23.7 Å². The molecule has 2 aromatic carbocycles. The Hall–Kier alpha value is -5.16. The first-order chi connectivity index (χ1) is 27.1. The molecule has 2 aromatic rings. The highest BCUT2D eigenvalue weighted by atomic mass is 16.7. The Bertz CT molecular complexity index is 2010. The van der Waals surface area contributed by atoms with E-state index in [2.05, 4.69) is 5.32 Å². The maximum Gasteiger partial charge on any atom is 0.312 e. The van der Waals surface area contributed by atoms with Crippen molar-refractivity contribution >= 4 is 40.0 Å². The summed E-state index contributed by atoms with van der Waals surface area (Å²) in [6.45, 7) is 12.0. The summed E-state index contributed by atoms with van der Waals surface area (Å²) < 4.78 is 29.6. The molecule has 16 heteroatoms. The largest absolute Gasteiger partial charge is 0.507 e. The third-order valence-corrected chi connectivity index (χ3v) is 11.1. The van der Waals surface area contributed by atoms with Gasteiger partial charge in [-0.1, -0.05) is 45.9 Å². The summed E-state index contributed by atoms with van der Waals surface area (Å²) in [6, 6.07) is 1.25. The van der Waals surface area contributed by atoms with E-state index in [9.17, 15) is 39.6 Å². The molecule has 9 atom stereocenters. The smallest absolute Gasteiger partial charge is 0.312 e. The average molecular weight is 812 g/mol. The Balaban J connectivity index is 1.94. The number of hydrogen-bond acceptors (Lipinski definition) is 14. The lowest BCUT2D eigenvalue weighted by atomic mass is 9.78. The standard InChI is InChI=1S/C42H57N3O13/c1-20-14-13-15-21(2)41(53)43-27-18-29(55-19-30(47)45(11)44(9)10)31-32(37(27)51)36(50)25(6)39-33(31)40(52)42(8,58-39)56-17-16-28(54-12)22(3)38(57-26(7)46)24(5)35(49)23(4)34(20)48/h13-18,20,22-24,28,34-35,38,48-51H,19H2,1-12H3,(H,43,53). The van der Waals surface area contributed by atoms with Gasteiger partial charge in [-0.2, -0.15) is 0 Å². The van der Waals surface area contributed by atoms with Crippen LogP contribution in [0.5, 0.6) is 23.0 Å². The van der Waals surface area contributed by atoms with Crippen molar-refractivity contribution < 1.29 is 63.3 Å². The van der Waals surface area contributed by atoms with E-state index >= 15 is 0 Å².